The Kier molecular flexibility index (Phi) is 5.09. The zero-order valence-corrected chi connectivity index (χ0v) is 11.8. The van der Waals surface area contributed by atoms with Gasteiger partial charge < -0.3 is 10.2 Å². The minimum Gasteiger partial charge on any atom is -0.359 e. The van der Waals surface area contributed by atoms with Gasteiger partial charge >= 0.3 is 0 Å². The molecule has 108 valence electrons. The van der Waals surface area contributed by atoms with Crippen LogP contribution in [0.3, 0.4) is 0 Å². The molecule has 2 rings (SSSR count). The van der Waals surface area contributed by atoms with E-state index in [9.17, 15) is 9.59 Å². The summed E-state index contributed by atoms with van der Waals surface area (Å²) in [6.07, 6.45) is 6.21. The molecule has 1 aliphatic heterocycles. The van der Waals surface area contributed by atoms with Crippen molar-refractivity contribution in [3.05, 3.63) is 30.1 Å². The summed E-state index contributed by atoms with van der Waals surface area (Å²) in [5, 5.41) is 2.63. The Hall–Kier alpha value is -1.91. The molecule has 1 aliphatic rings. The lowest BCUT2D eigenvalue weighted by atomic mass is 10.0. The lowest BCUT2D eigenvalue weighted by molar-refractivity contribution is -0.130. The second kappa shape index (κ2) is 7.03. The van der Waals surface area contributed by atoms with E-state index in [2.05, 4.69) is 10.3 Å². The molecule has 0 spiro atoms. The number of hydrogen-bond acceptors (Lipinski definition) is 3. The minimum absolute atomic E-state index is 0.0552. The maximum absolute atomic E-state index is 12.1. The van der Waals surface area contributed by atoms with Crippen LogP contribution < -0.4 is 5.32 Å². The smallest absolute Gasteiger partial charge is 0.222 e. The maximum atomic E-state index is 12.1. The molecule has 5 heteroatoms. The number of carbonyl (C=O) groups is 2. The van der Waals surface area contributed by atoms with Crippen molar-refractivity contribution >= 4 is 11.8 Å². The van der Waals surface area contributed by atoms with Crippen molar-refractivity contribution in [1.29, 1.82) is 0 Å². The van der Waals surface area contributed by atoms with Crippen LogP contribution >= 0.6 is 0 Å². The van der Waals surface area contributed by atoms with E-state index in [1.807, 2.05) is 17.0 Å². The summed E-state index contributed by atoms with van der Waals surface area (Å²) >= 11 is 0. The predicted octanol–water partition coefficient (Wildman–Crippen LogP) is 0.999. The molecule has 1 atom stereocenters. The molecule has 20 heavy (non-hydrogen) atoms. The van der Waals surface area contributed by atoms with Gasteiger partial charge in [-0.2, -0.15) is 0 Å². The van der Waals surface area contributed by atoms with Crippen molar-refractivity contribution in [2.45, 2.75) is 25.7 Å². The first-order valence-electron chi connectivity index (χ1n) is 7.06. The molecule has 2 amide bonds. The average molecular weight is 275 g/mol. The van der Waals surface area contributed by atoms with Gasteiger partial charge in [-0.05, 0) is 30.4 Å². The molecular formula is C15H21N3O2. The Morgan fingerprint density at radius 3 is 3.05 bits per heavy atom. The number of likely N-dealkylation sites (tertiary alicyclic amines) is 1. The number of rotatable bonds is 5. The third-order valence-corrected chi connectivity index (χ3v) is 3.74. The van der Waals surface area contributed by atoms with Gasteiger partial charge in [-0.25, -0.2) is 0 Å². The van der Waals surface area contributed by atoms with Crippen molar-refractivity contribution in [2.75, 3.05) is 20.1 Å². The van der Waals surface area contributed by atoms with Crippen molar-refractivity contribution in [3.63, 3.8) is 0 Å². The van der Waals surface area contributed by atoms with E-state index >= 15 is 0 Å². The van der Waals surface area contributed by atoms with Crippen LogP contribution in [0.15, 0.2) is 24.5 Å². The first-order chi connectivity index (χ1) is 9.69. The SMILES string of the molecule is CNC(=O)C[C@H]1CCN(C(=O)CCc2cccnc2)C1. The van der Waals surface area contributed by atoms with Crippen LogP contribution in [0, 0.1) is 5.92 Å². The van der Waals surface area contributed by atoms with Crippen LogP contribution in [-0.2, 0) is 16.0 Å². The molecule has 0 radical (unpaired) electrons. The Labute approximate surface area is 119 Å². The van der Waals surface area contributed by atoms with Crippen molar-refractivity contribution in [3.8, 4) is 0 Å². The van der Waals surface area contributed by atoms with E-state index in [0.717, 1.165) is 24.9 Å². The quantitative estimate of drug-likeness (QED) is 0.872. The molecule has 0 unspecified atom stereocenters. The van der Waals surface area contributed by atoms with Crippen LogP contribution in [0.25, 0.3) is 0 Å². The van der Waals surface area contributed by atoms with Crippen LogP contribution in [0.5, 0.6) is 0 Å². The molecular weight excluding hydrogens is 254 g/mol. The summed E-state index contributed by atoms with van der Waals surface area (Å²) in [5.74, 6) is 0.533. The number of pyridine rings is 1. The van der Waals surface area contributed by atoms with Gasteiger partial charge in [0.25, 0.3) is 0 Å². The number of hydrogen-bond donors (Lipinski definition) is 1. The lowest BCUT2D eigenvalue weighted by Gasteiger charge is -2.16. The number of nitrogens with one attached hydrogen (secondary N) is 1. The zero-order valence-electron chi connectivity index (χ0n) is 11.8. The molecule has 1 fully saturated rings. The first kappa shape index (κ1) is 14.5. The fourth-order valence-electron chi connectivity index (χ4n) is 2.55. The minimum atomic E-state index is 0.0552. The number of aryl methyl sites for hydroxylation is 1. The fourth-order valence-corrected chi connectivity index (χ4v) is 2.55. The molecule has 0 aliphatic carbocycles. The van der Waals surface area contributed by atoms with Gasteiger partial charge in [0, 0.05) is 45.4 Å². The Balaban J connectivity index is 1.75. The molecule has 2 heterocycles. The molecule has 1 aromatic rings. The van der Waals surface area contributed by atoms with Crippen molar-refractivity contribution in [1.82, 2.24) is 15.2 Å². The van der Waals surface area contributed by atoms with Gasteiger partial charge in [-0.1, -0.05) is 6.07 Å². The maximum Gasteiger partial charge on any atom is 0.222 e. The highest BCUT2D eigenvalue weighted by atomic mass is 16.2. The number of carbonyl (C=O) groups excluding carboxylic acids is 2. The van der Waals surface area contributed by atoms with Crippen LogP contribution in [0.4, 0.5) is 0 Å². The van der Waals surface area contributed by atoms with E-state index < -0.39 is 0 Å². The summed E-state index contributed by atoms with van der Waals surface area (Å²) < 4.78 is 0. The van der Waals surface area contributed by atoms with E-state index in [-0.39, 0.29) is 11.8 Å². The molecule has 0 bridgehead atoms. The molecule has 1 saturated heterocycles. The summed E-state index contributed by atoms with van der Waals surface area (Å²) in [6.45, 7) is 1.48. The topological polar surface area (TPSA) is 62.3 Å². The van der Waals surface area contributed by atoms with Crippen molar-refractivity contribution < 1.29 is 9.59 Å². The third kappa shape index (κ3) is 4.05. The molecule has 5 nitrogen and oxygen atoms in total. The van der Waals surface area contributed by atoms with Gasteiger partial charge in [0.05, 0.1) is 0 Å². The van der Waals surface area contributed by atoms with Gasteiger partial charge in [-0.3, -0.25) is 14.6 Å². The second-order valence-electron chi connectivity index (χ2n) is 5.23. The van der Waals surface area contributed by atoms with Crippen molar-refractivity contribution in [2.24, 2.45) is 5.92 Å². The van der Waals surface area contributed by atoms with E-state index in [0.29, 0.717) is 25.3 Å². The highest BCUT2D eigenvalue weighted by molar-refractivity contribution is 5.78. The Morgan fingerprint density at radius 1 is 1.50 bits per heavy atom. The van der Waals surface area contributed by atoms with Gasteiger partial charge in [0.1, 0.15) is 0 Å². The van der Waals surface area contributed by atoms with Crippen LogP contribution in [0.1, 0.15) is 24.8 Å². The number of aromatic nitrogens is 1. The van der Waals surface area contributed by atoms with Crippen LogP contribution in [-0.4, -0.2) is 41.8 Å². The highest BCUT2D eigenvalue weighted by Gasteiger charge is 2.27. The van der Waals surface area contributed by atoms with Gasteiger partial charge in [0.2, 0.25) is 11.8 Å². The van der Waals surface area contributed by atoms with Gasteiger partial charge in [0.15, 0.2) is 0 Å². The summed E-state index contributed by atoms with van der Waals surface area (Å²) in [6, 6.07) is 3.87. The van der Waals surface area contributed by atoms with Crippen LogP contribution in [0.2, 0.25) is 0 Å². The van der Waals surface area contributed by atoms with E-state index in [4.69, 9.17) is 0 Å². The predicted molar refractivity (Wildman–Crippen MR) is 75.9 cm³/mol. The summed E-state index contributed by atoms with van der Waals surface area (Å²) in [4.78, 5) is 29.4. The third-order valence-electron chi connectivity index (χ3n) is 3.74. The largest absolute Gasteiger partial charge is 0.359 e. The first-order valence-corrected chi connectivity index (χ1v) is 7.06. The molecule has 1 aromatic heterocycles. The monoisotopic (exact) mass is 275 g/mol. The standard InChI is InChI=1S/C15H21N3O2/c1-16-14(19)9-13-6-8-18(11-13)15(20)5-4-12-3-2-7-17-10-12/h2-3,7,10,13H,4-6,8-9,11H2,1H3,(H,16,19)/t13-/m1/s1. The summed E-state index contributed by atoms with van der Waals surface area (Å²) in [7, 11) is 1.65. The second-order valence-corrected chi connectivity index (χ2v) is 5.23. The lowest BCUT2D eigenvalue weighted by Crippen LogP contribution is -2.30. The van der Waals surface area contributed by atoms with Gasteiger partial charge in [-0.15, -0.1) is 0 Å². The normalized spacial score (nSPS) is 18.1. The molecule has 0 aromatic carbocycles. The highest BCUT2D eigenvalue weighted by Crippen LogP contribution is 2.20. The van der Waals surface area contributed by atoms with E-state index in [1.165, 1.54) is 0 Å². The fraction of sp³-hybridized carbons (Fsp3) is 0.533. The van der Waals surface area contributed by atoms with E-state index in [1.54, 1.807) is 19.4 Å². The summed E-state index contributed by atoms with van der Waals surface area (Å²) in [5.41, 5.74) is 1.09. The average Bonchev–Trinajstić information content (AvgIpc) is 2.94. The Bertz CT molecular complexity index is 461. The molecule has 0 saturated carbocycles. The number of amides is 2. The molecule has 1 N–H and O–H groups in total. The Morgan fingerprint density at radius 2 is 2.35 bits per heavy atom. The zero-order chi connectivity index (χ0) is 14.4. The number of nitrogens with zero attached hydrogens (tertiary/aromatic N) is 2.